The minimum absolute atomic E-state index is 0.0982. The van der Waals surface area contributed by atoms with Gasteiger partial charge in [-0.25, -0.2) is 8.42 Å². The van der Waals surface area contributed by atoms with Crippen LogP contribution in [-0.2, 0) is 14.8 Å². The van der Waals surface area contributed by atoms with Crippen molar-refractivity contribution in [2.24, 2.45) is 0 Å². The highest BCUT2D eigenvalue weighted by molar-refractivity contribution is 7.89. The van der Waals surface area contributed by atoms with Gasteiger partial charge in [-0.05, 0) is 25.0 Å². The number of benzene rings is 1. The van der Waals surface area contributed by atoms with Crippen molar-refractivity contribution in [1.29, 1.82) is 0 Å². The van der Waals surface area contributed by atoms with Crippen molar-refractivity contribution < 1.29 is 13.2 Å². The Morgan fingerprint density at radius 3 is 2.71 bits per heavy atom. The lowest BCUT2D eigenvalue weighted by Crippen LogP contribution is -2.46. The Balaban J connectivity index is 1.73. The molecule has 0 N–H and O–H groups in total. The van der Waals surface area contributed by atoms with Gasteiger partial charge >= 0.3 is 0 Å². The van der Waals surface area contributed by atoms with Crippen molar-refractivity contribution in [1.82, 2.24) is 14.2 Å². The minimum atomic E-state index is -3.64. The van der Waals surface area contributed by atoms with Gasteiger partial charge < -0.3 is 4.90 Å². The zero-order valence-electron chi connectivity index (χ0n) is 13.5. The molecule has 3 heterocycles. The number of nitrogens with zero attached hydrogens (tertiary/aromatic N) is 3. The summed E-state index contributed by atoms with van der Waals surface area (Å²) in [7, 11) is -1.85. The van der Waals surface area contributed by atoms with Gasteiger partial charge in [-0.3, -0.25) is 9.78 Å². The van der Waals surface area contributed by atoms with E-state index < -0.39 is 10.0 Å². The molecule has 24 heavy (non-hydrogen) atoms. The van der Waals surface area contributed by atoms with Crippen LogP contribution in [0, 0.1) is 0 Å². The Hall–Kier alpha value is -1.99. The van der Waals surface area contributed by atoms with Crippen LogP contribution in [0.5, 0.6) is 0 Å². The number of aromatic nitrogens is 1. The molecule has 6 nitrogen and oxygen atoms in total. The van der Waals surface area contributed by atoms with Crippen molar-refractivity contribution in [3.05, 3.63) is 36.5 Å². The van der Waals surface area contributed by atoms with Gasteiger partial charge in [0.05, 0.1) is 11.1 Å². The van der Waals surface area contributed by atoms with Gasteiger partial charge in [-0.1, -0.05) is 18.2 Å². The second-order valence-corrected chi connectivity index (χ2v) is 8.50. The standard InChI is InChI=1S/C17H19N3O3S/c1-19-15(21)7-8-17(19)9-11-20(12-17)24(22,23)14-6-2-4-13-5-3-10-18-16(13)14/h2-6,10H,7-9,11-12H2,1H3. The summed E-state index contributed by atoms with van der Waals surface area (Å²) in [6.45, 7) is 0.796. The molecular formula is C17H19N3O3S. The summed E-state index contributed by atoms with van der Waals surface area (Å²) in [5.74, 6) is 0.0982. The second-order valence-electron chi connectivity index (χ2n) is 6.60. The third kappa shape index (κ3) is 2.15. The molecule has 2 aromatic rings. The van der Waals surface area contributed by atoms with E-state index in [1.807, 2.05) is 12.1 Å². The Labute approximate surface area is 141 Å². The first-order valence-electron chi connectivity index (χ1n) is 8.05. The fraction of sp³-hybridized carbons (Fsp3) is 0.412. The maximum absolute atomic E-state index is 13.2. The van der Waals surface area contributed by atoms with Gasteiger partial charge in [-0.2, -0.15) is 4.31 Å². The van der Waals surface area contributed by atoms with Crippen LogP contribution < -0.4 is 0 Å². The van der Waals surface area contributed by atoms with Gasteiger partial charge in [0, 0.05) is 38.1 Å². The van der Waals surface area contributed by atoms with E-state index in [0.29, 0.717) is 31.4 Å². The van der Waals surface area contributed by atoms with Crippen molar-refractivity contribution in [2.45, 2.75) is 29.7 Å². The van der Waals surface area contributed by atoms with E-state index in [2.05, 4.69) is 4.98 Å². The zero-order valence-corrected chi connectivity index (χ0v) is 14.3. The molecule has 1 atom stereocenters. The maximum Gasteiger partial charge on any atom is 0.245 e. The van der Waals surface area contributed by atoms with Crippen LogP contribution in [0.25, 0.3) is 10.9 Å². The second kappa shape index (κ2) is 5.26. The van der Waals surface area contributed by atoms with Crippen LogP contribution in [-0.4, -0.2) is 54.2 Å². The minimum Gasteiger partial charge on any atom is -0.339 e. The number of carbonyl (C=O) groups is 1. The smallest absolute Gasteiger partial charge is 0.245 e. The van der Waals surface area contributed by atoms with Crippen LogP contribution in [0.2, 0.25) is 0 Å². The molecule has 2 saturated heterocycles. The maximum atomic E-state index is 13.2. The van der Waals surface area contributed by atoms with E-state index in [9.17, 15) is 13.2 Å². The lowest BCUT2D eigenvalue weighted by Gasteiger charge is -2.31. The first kappa shape index (κ1) is 15.5. The summed E-state index contributed by atoms with van der Waals surface area (Å²) < 4.78 is 27.8. The Morgan fingerprint density at radius 2 is 1.96 bits per heavy atom. The Kier molecular flexibility index (Phi) is 3.40. The van der Waals surface area contributed by atoms with E-state index in [4.69, 9.17) is 0 Å². The van der Waals surface area contributed by atoms with Crippen LogP contribution in [0.4, 0.5) is 0 Å². The molecule has 2 aliphatic heterocycles. The summed E-state index contributed by atoms with van der Waals surface area (Å²) in [5, 5.41) is 0.806. The van der Waals surface area contributed by atoms with Gasteiger partial charge in [-0.15, -0.1) is 0 Å². The lowest BCUT2D eigenvalue weighted by molar-refractivity contribution is -0.129. The molecule has 4 rings (SSSR count). The van der Waals surface area contributed by atoms with Gasteiger partial charge in [0.25, 0.3) is 0 Å². The summed E-state index contributed by atoms with van der Waals surface area (Å²) in [4.78, 5) is 18.1. The number of sulfonamides is 1. The molecule has 0 aliphatic carbocycles. The largest absolute Gasteiger partial charge is 0.339 e. The number of likely N-dealkylation sites (N-methyl/N-ethyl adjacent to an activating group) is 1. The zero-order chi connectivity index (χ0) is 16.9. The monoisotopic (exact) mass is 345 g/mol. The quantitative estimate of drug-likeness (QED) is 0.829. The molecule has 1 amide bonds. The molecule has 2 aliphatic rings. The SMILES string of the molecule is CN1C(=O)CCC12CCN(S(=O)(=O)c1cccc3cccnc13)C2. The molecule has 7 heteroatoms. The third-order valence-electron chi connectivity index (χ3n) is 5.40. The Morgan fingerprint density at radius 1 is 1.17 bits per heavy atom. The number of amides is 1. The van der Waals surface area contributed by atoms with Crippen molar-refractivity contribution in [2.75, 3.05) is 20.1 Å². The van der Waals surface area contributed by atoms with E-state index in [-0.39, 0.29) is 16.3 Å². The molecule has 1 aromatic carbocycles. The number of fused-ring (bicyclic) bond motifs is 1. The summed E-state index contributed by atoms with van der Waals surface area (Å²) in [6, 6.07) is 8.86. The van der Waals surface area contributed by atoms with E-state index in [1.165, 1.54) is 4.31 Å². The first-order chi connectivity index (χ1) is 11.4. The predicted molar refractivity (Wildman–Crippen MR) is 89.9 cm³/mol. The van der Waals surface area contributed by atoms with Crippen molar-refractivity contribution in [3.8, 4) is 0 Å². The number of rotatable bonds is 2. The van der Waals surface area contributed by atoms with Crippen LogP contribution in [0.3, 0.4) is 0 Å². The highest BCUT2D eigenvalue weighted by Gasteiger charge is 2.50. The highest BCUT2D eigenvalue weighted by atomic mass is 32.2. The molecule has 1 spiro atoms. The number of carbonyl (C=O) groups excluding carboxylic acids is 1. The molecule has 1 unspecified atom stereocenters. The molecule has 0 bridgehead atoms. The molecule has 0 saturated carbocycles. The van der Waals surface area contributed by atoms with E-state index >= 15 is 0 Å². The summed E-state index contributed by atoms with van der Waals surface area (Å²) >= 11 is 0. The number of pyridine rings is 1. The molecular weight excluding hydrogens is 326 g/mol. The van der Waals surface area contributed by atoms with Gasteiger partial charge in [0.1, 0.15) is 4.90 Å². The fourth-order valence-corrected chi connectivity index (χ4v) is 5.55. The predicted octanol–water partition coefficient (Wildman–Crippen LogP) is 1.62. The Bertz CT molecular complexity index is 922. The average molecular weight is 345 g/mol. The average Bonchev–Trinajstić information content (AvgIpc) is 3.15. The van der Waals surface area contributed by atoms with Crippen LogP contribution in [0.15, 0.2) is 41.4 Å². The summed E-state index contributed by atoms with van der Waals surface area (Å²) in [6.07, 6.45) is 3.52. The topological polar surface area (TPSA) is 70.6 Å². The van der Waals surface area contributed by atoms with Crippen molar-refractivity contribution in [3.63, 3.8) is 0 Å². The van der Waals surface area contributed by atoms with Crippen LogP contribution >= 0.6 is 0 Å². The molecule has 1 aromatic heterocycles. The summed E-state index contributed by atoms with van der Waals surface area (Å²) in [5.41, 5.74) is 0.152. The number of hydrogen-bond acceptors (Lipinski definition) is 4. The molecule has 2 fully saturated rings. The fourth-order valence-electron chi connectivity index (χ4n) is 3.87. The normalized spacial score (nSPS) is 25.2. The number of likely N-dealkylation sites (tertiary alicyclic amines) is 1. The molecule has 126 valence electrons. The lowest BCUT2D eigenvalue weighted by atomic mass is 9.96. The van der Waals surface area contributed by atoms with Gasteiger partial charge in [0.2, 0.25) is 15.9 Å². The first-order valence-corrected chi connectivity index (χ1v) is 9.49. The third-order valence-corrected chi connectivity index (χ3v) is 7.28. The van der Waals surface area contributed by atoms with Gasteiger partial charge in [0.15, 0.2) is 0 Å². The number of hydrogen-bond donors (Lipinski definition) is 0. The number of para-hydroxylation sites is 1. The van der Waals surface area contributed by atoms with E-state index in [1.54, 1.807) is 36.3 Å². The van der Waals surface area contributed by atoms with Crippen molar-refractivity contribution >= 4 is 26.8 Å². The van der Waals surface area contributed by atoms with Crippen LogP contribution in [0.1, 0.15) is 19.3 Å². The highest BCUT2D eigenvalue weighted by Crippen LogP contribution is 2.39. The van der Waals surface area contributed by atoms with E-state index in [0.717, 1.165) is 11.8 Å². The molecule has 0 radical (unpaired) electrons.